The van der Waals surface area contributed by atoms with Crippen molar-refractivity contribution >= 4 is 11.6 Å². The van der Waals surface area contributed by atoms with Crippen LogP contribution in [0.4, 0.5) is 5.69 Å². The summed E-state index contributed by atoms with van der Waals surface area (Å²) in [6.45, 7) is 5.76. The first-order valence-corrected chi connectivity index (χ1v) is 6.55. The van der Waals surface area contributed by atoms with E-state index < -0.39 is 0 Å². The van der Waals surface area contributed by atoms with Crippen LogP contribution < -0.4 is 10.1 Å². The Hall–Kier alpha value is -2.36. The number of aromatic nitrogens is 1. The number of hydrogen-bond acceptors (Lipinski definition) is 3. The van der Waals surface area contributed by atoms with Crippen LogP contribution in [-0.4, -0.2) is 17.0 Å². The Balaban J connectivity index is 2.22. The molecule has 2 aromatic rings. The highest BCUT2D eigenvalue weighted by atomic mass is 16.5. The molecule has 0 unspecified atom stereocenters. The molecule has 0 aliphatic rings. The number of nitrogens with zero attached hydrogens (tertiary/aromatic N) is 1. The number of amides is 1. The first-order valence-electron chi connectivity index (χ1n) is 6.55. The first kappa shape index (κ1) is 14.1. The van der Waals surface area contributed by atoms with Gasteiger partial charge in [0.2, 0.25) is 0 Å². The van der Waals surface area contributed by atoms with E-state index in [4.69, 9.17) is 4.74 Å². The number of hydrogen-bond donors (Lipinski definition) is 1. The predicted octanol–water partition coefficient (Wildman–Crippen LogP) is 3.43. The Bertz CT molecular complexity index is 609. The van der Waals surface area contributed by atoms with Crippen LogP contribution in [-0.2, 0) is 0 Å². The van der Waals surface area contributed by atoms with E-state index in [1.807, 2.05) is 45.0 Å². The lowest BCUT2D eigenvalue weighted by Crippen LogP contribution is -2.15. The number of nitrogens with one attached hydrogen (secondary N) is 1. The maximum atomic E-state index is 12.3. The van der Waals surface area contributed by atoms with Crippen molar-refractivity contribution in [1.29, 1.82) is 0 Å². The monoisotopic (exact) mass is 270 g/mol. The van der Waals surface area contributed by atoms with Crippen molar-refractivity contribution in [3.63, 3.8) is 0 Å². The van der Waals surface area contributed by atoms with Gasteiger partial charge in [-0.05, 0) is 44.5 Å². The van der Waals surface area contributed by atoms with E-state index in [0.717, 1.165) is 5.56 Å². The predicted molar refractivity (Wildman–Crippen MR) is 79.1 cm³/mol. The minimum Gasteiger partial charge on any atom is -0.489 e. The van der Waals surface area contributed by atoms with Crippen LogP contribution in [0, 0.1) is 6.92 Å². The summed E-state index contributed by atoms with van der Waals surface area (Å²) in [7, 11) is 0. The normalized spacial score (nSPS) is 10.4. The van der Waals surface area contributed by atoms with E-state index in [0.29, 0.717) is 17.0 Å². The molecule has 0 aliphatic heterocycles. The van der Waals surface area contributed by atoms with Gasteiger partial charge in [-0.2, -0.15) is 0 Å². The minimum atomic E-state index is -0.162. The van der Waals surface area contributed by atoms with E-state index in [1.54, 1.807) is 18.5 Å². The lowest BCUT2D eigenvalue weighted by Gasteiger charge is -2.15. The third kappa shape index (κ3) is 3.35. The molecule has 0 radical (unpaired) electrons. The molecule has 1 heterocycles. The fraction of sp³-hybridized carbons (Fsp3) is 0.250. The third-order valence-corrected chi connectivity index (χ3v) is 2.76. The van der Waals surface area contributed by atoms with Gasteiger partial charge in [0, 0.05) is 18.0 Å². The summed E-state index contributed by atoms with van der Waals surface area (Å²) >= 11 is 0. The highest BCUT2D eigenvalue weighted by molar-refractivity contribution is 6.05. The van der Waals surface area contributed by atoms with Crippen molar-refractivity contribution in [2.45, 2.75) is 26.9 Å². The molecule has 1 amide bonds. The SMILES string of the molecule is Cc1cnccc1C(=O)Nc1ccccc1OC(C)C. The van der Waals surface area contributed by atoms with Crippen LogP contribution >= 0.6 is 0 Å². The fourth-order valence-electron chi connectivity index (χ4n) is 1.84. The quantitative estimate of drug-likeness (QED) is 0.926. The van der Waals surface area contributed by atoms with Crippen LogP contribution in [0.1, 0.15) is 29.8 Å². The van der Waals surface area contributed by atoms with Gasteiger partial charge in [0.05, 0.1) is 11.8 Å². The molecular weight excluding hydrogens is 252 g/mol. The van der Waals surface area contributed by atoms with Gasteiger partial charge in [0.15, 0.2) is 0 Å². The molecule has 1 aromatic heterocycles. The van der Waals surface area contributed by atoms with Crippen LogP contribution in [0.2, 0.25) is 0 Å². The van der Waals surface area contributed by atoms with Crippen LogP contribution in [0.25, 0.3) is 0 Å². The number of pyridine rings is 1. The minimum absolute atomic E-state index is 0.0516. The zero-order chi connectivity index (χ0) is 14.5. The van der Waals surface area contributed by atoms with Crippen molar-refractivity contribution in [3.05, 3.63) is 53.9 Å². The van der Waals surface area contributed by atoms with Gasteiger partial charge in [-0.15, -0.1) is 0 Å². The molecular formula is C16H18N2O2. The number of anilines is 1. The molecule has 0 saturated carbocycles. The summed E-state index contributed by atoms with van der Waals surface area (Å²) in [5.74, 6) is 0.507. The number of carbonyl (C=O) groups excluding carboxylic acids is 1. The van der Waals surface area contributed by atoms with E-state index >= 15 is 0 Å². The molecule has 4 nitrogen and oxygen atoms in total. The molecule has 104 valence electrons. The Morgan fingerprint density at radius 1 is 1.25 bits per heavy atom. The summed E-state index contributed by atoms with van der Waals surface area (Å²) in [6.07, 6.45) is 3.33. The molecule has 1 N–H and O–H groups in total. The molecule has 0 aliphatic carbocycles. The van der Waals surface area contributed by atoms with E-state index in [1.165, 1.54) is 0 Å². The standard InChI is InChI=1S/C16H18N2O2/c1-11(2)20-15-7-5-4-6-14(15)18-16(19)13-8-9-17-10-12(13)3/h4-11H,1-3H3,(H,18,19). The van der Waals surface area contributed by atoms with E-state index in [9.17, 15) is 4.79 Å². The number of aryl methyl sites for hydroxylation is 1. The highest BCUT2D eigenvalue weighted by Gasteiger charge is 2.12. The number of carbonyl (C=O) groups is 1. The molecule has 2 rings (SSSR count). The molecule has 0 fully saturated rings. The maximum Gasteiger partial charge on any atom is 0.256 e. The summed E-state index contributed by atoms with van der Waals surface area (Å²) < 4.78 is 5.69. The maximum absolute atomic E-state index is 12.3. The second-order valence-corrected chi connectivity index (χ2v) is 4.81. The van der Waals surface area contributed by atoms with Crippen LogP contribution in [0.3, 0.4) is 0 Å². The average molecular weight is 270 g/mol. The summed E-state index contributed by atoms with van der Waals surface area (Å²) in [6, 6.07) is 9.12. The zero-order valence-electron chi connectivity index (χ0n) is 11.9. The Morgan fingerprint density at radius 2 is 2.00 bits per heavy atom. The largest absolute Gasteiger partial charge is 0.489 e. The third-order valence-electron chi connectivity index (χ3n) is 2.76. The van der Waals surface area contributed by atoms with Gasteiger partial charge >= 0.3 is 0 Å². The van der Waals surface area contributed by atoms with Gasteiger partial charge in [0.25, 0.3) is 5.91 Å². The number of ether oxygens (including phenoxy) is 1. The van der Waals surface area contributed by atoms with Gasteiger partial charge in [0.1, 0.15) is 5.75 Å². The van der Waals surface area contributed by atoms with Crippen molar-refractivity contribution in [2.75, 3.05) is 5.32 Å². The molecule has 0 spiro atoms. The van der Waals surface area contributed by atoms with E-state index in [2.05, 4.69) is 10.3 Å². The summed E-state index contributed by atoms with van der Waals surface area (Å²) in [4.78, 5) is 16.3. The second-order valence-electron chi connectivity index (χ2n) is 4.81. The van der Waals surface area contributed by atoms with Crippen LogP contribution in [0.5, 0.6) is 5.75 Å². The number of para-hydroxylation sites is 2. The first-order chi connectivity index (χ1) is 9.58. The van der Waals surface area contributed by atoms with Gasteiger partial charge in [-0.25, -0.2) is 0 Å². The van der Waals surface area contributed by atoms with E-state index in [-0.39, 0.29) is 12.0 Å². The van der Waals surface area contributed by atoms with Crippen molar-refractivity contribution in [3.8, 4) is 5.75 Å². The Morgan fingerprint density at radius 3 is 2.70 bits per heavy atom. The summed E-state index contributed by atoms with van der Waals surface area (Å²) in [5, 5.41) is 2.88. The van der Waals surface area contributed by atoms with Crippen molar-refractivity contribution in [1.82, 2.24) is 4.98 Å². The Kier molecular flexibility index (Phi) is 4.35. The molecule has 0 atom stereocenters. The average Bonchev–Trinajstić information content (AvgIpc) is 2.41. The van der Waals surface area contributed by atoms with Gasteiger partial charge in [-0.1, -0.05) is 12.1 Å². The fourth-order valence-corrected chi connectivity index (χ4v) is 1.84. The molecule has 1 aromatic carbocycles. The van der Waals surface area contributed by atoms with Gasteiger partial charge in [-0.3, -0.25) is 9.78 Å². The smallest absolute Gasteiger partial charge is 0.256 e. The molecule has 4 heteroatoms. The number of benzene rings is 1. The van der Waals surface area contributed by atoms with Crippen molar-refractivity contribution < 1.29 is 9.53 Å². The van der Waals surface area contributed by atoms with Gasteiger partial charge < -0.3 is 10.1 Å². The summed E-state index contributed by atoms with van der Waals surface area (Å²) in [5.41, 5.74) is 2.12. The number of rotatable bonds is 4. The second kappa shape index (κ2) is 6.19. The lowest BCUT2D eigenvalue weighted by atomic mass is 10.1. The molecule has 0 saturated heterocycles. The molecule has 0 bridgehead atoms. The Labute approximate surface area is 118 Å². The topological polar surface area (TPSA) is 51.2 Å². The zero-order valence-corrected chi connectivity index (χ0v) is 11.9. The molecule has 20 heavy (non-hydrogen) atoms. The van der Waals surface area contributed by atoms with Crippen molar-refractivity contribution in [2.24, 2.45) is 0 Å². The lowest BCUT2D eigenvalue weighted by molar-refractivity contribution is 0.102. The highest BCUT2D eigenvalue weighted by Crippen LogP contribution is 2.25. The van der Waals surface area contributed by atoms with Crippen LogP contribution in [0.15, 0.2) is 42.7 Å².